The second-order valence-corrected chi connectivity index (χ2v) is 2.68. The van der Waals surface area contributed by atoms with Gasteiger partial charge in [-0.05, 0) is 18.6 Å². The Bertz CT molecular complexity index is 335. The van der Waals surface area contributed by atoms with Crippen LogP contribution in [0.1, 0.15) is 24.8 Å². The lowest BCUT2D eigenvalue weighted by Crippen LogP contribution is -1.72. The predicted molar refractivity (Wildman–Crippen MR) is 52.8 cm³/mol. The summed E-state index contributed by atoms with van der Waals surface area (Å²) in [5.41, 5.74) is 1.04. The van der Waals surface area contributed by atoms with Gasteiger partial charge < -0.3 is 0 Å². The minimum atomic E-state index is 0.601. The molecule has 13 heavy (non-hydrogen) atoms. The summed E-state index contributed by atoms with van der Waals surface area (Å²) < 4.78 is 0. The Morgan fingerprint density at radius 1 is 1.08 bits per heavy atom. The van der Waals surface area contributed by atoms with Crippen LogP contribution in [0.4, 0.5) is 0 Å². The fourth-order valence-electron chi connectivity index (χ4n) is 0.942. The van der Waals surface area contributed by atoms with Crippen LogP contribution >= 0.6 is 0 Å². The molecule has 0 radical (unpaired) electrons. The molecule has 0 atom stereocenters. The molecule has 0 aliphatic heterocycles. The Kier molecular flexibility index (Phi) is 4.22. The molecule has 1 rings (SSSR count). The Hall–Kier alpha value is -1.73. The zero-order valence-corrected chi connectivity index (χ0v) is 7.46. The van der Waals surface area contributed by atoms with Gasteiger partial charge in [0.05, 0.1) is 6.07 Å². The number of hydrogen-bond donors (Lipinski definition) is 0. The highest BCUT2D eigenvalue weighted by molar-refractivity contribution is 5.33. The molecule has 0 unspecified atom stereocenters. The van der Waals surface area contributed by atoms with Crippen molar-refractivity contribution >= 4 is 0 Å². The van der Waals surface area contributed by atoms with Gasteiger partial charge in [-0.2, -0.15) is 5.26 Å². The third kappa shape index (κ3) is 3.99. The minimum Gasteiger partial charge on any atom is -0.198 e. The summed E-state index contributed by atoms with van der Waals surface area (Å²) in [5.74, 6) is 6.08. The van der Waals surface area contributed by atoms with Crippen LogP contribution < -0.4 is 0 Å². The number of hydrogen-bond acceptors (Lipinski definition) is 1. The highest BCUT2D eigenvalue weighted by Gasteiger charge is 1.82. The topological polar surface area (TPSA) is 23.8 Å². The zero-order valence-electron chi connectivity index (χ0n) is 7.46. The van der Waals surface area contributed by atoms with E-state index in [0.29, 0.717) is 6.42 Å². The van der Waals surface area contributed by atoms with Gasteiger partial charge in [0.25, 0.3) is 0 Å². The summed E-state index contributed by atoms with van der Waals surface area (Å²) in [5, 5.41) is 8.28. The number of rotatable bonds is 2. The first kappa shape index (κ1) is 9.36. The summed E-state index contributed by atoms with van der Waals surface area (Å²) in [7, 11) is 0. The Morgan fingerprint density at radius 2 is 1.85 bits per heavy atom. The van der Waals surface area contributed by atoms with Crippen LogP contribution in [0.3, 0.4) is 0 Å². The standard InChI is InChI=1S/C12H11N/c13-11-7-2-1-4-8-12-9-5-3-6-10-12/h3,5-6,9-10H,1-2,7H2. The molecule has 0 heterocycles. The van der Waals surface area contributed by atoms with Crippen molar-refractivity contribution in [3.8, 4) is 17.9 Å². The molecule has 0 saturated heterocycles. The largest absolute Gasteiger partial charge is 0.198 e. The van der Waals surface area contributed by atoms with Crippen LogP contribution in [0.25, 0.3) is 0 Å². The van der Waals surface area contributed by atoms with E-state index in [4.69, 9.17) is 5.26 Å². The highest BCUT2D eigenvalue weighted by Crippen LogP contribution is 1.96. The first-order chi connectivity index (χ1) is 6.43. The van der Waals surface area contributed by atoms with Crippen LogP contribution in [-0.4, -0.2) is 0 Å². The molecule has 0 spiro atoms. The van der Waals surface area contributed by atoms with E-state index >= 15 is 0 Å². The van der Waals surface area contributed by atoms with E-state index in [-0.39, 0.29) is 0 Å². The molecule has 0 aliphatic rings. The highest BCUT2D eigenvalue weighted by atomic mass is 14.2. The third-order valence-corrected chi connectivity index (χ3v) is 1.60. The van der Waals surface area contributed by atoms with Gasteiger partial charge in [0.2, 0.25) is 0 Å². The molecule has 0 bridgehead atoms. The lowest BCUT2D eigenvalue weighted by molar-refractivity contribution is 0.894. The van der Waals surface area contributed by atoms with Crippen LogP contribution in [-0.2, 0) is 0 Å². The van der Waals surface area contributed by atoms with Gasteiger partial charge in [0.15, 0.2) is 0 Å². The van der Waals surface area contributed by atoms with Gasteiger partial charge >= 0.3 is 0 Å². The molecule has 0 saturated carbocycles. The second-order valence-electron chi connectivity index (χ2n) is 2.68. The molecule has 1 heteroatoms. The van der Waals surface area contributed by atoms with Gasteiger partial charge in [-0.3, -0.25) is 0 Å². The maximum atomic E-state index is 8.28. The molecule has 0 aromatic heterocycles. The zero-order chi connectivity index (χ0) is 9.36. The number of unbranched alkanes of at least 4 members (excludes halogenated alkanes) is 2. The number of nitriles is 1. The van der Waals surface area contributed by atoms with E-state index in [9.17, 15) is 0 Å². The van der Waals surface area contributed by atoms with Crippen LogP contribution in [0.15, 0.2) is 30.3 Å². The van der Waals surface area contributed by atoms with Crippen molar-refractivity contribution in [3.05, 3.63) is 35.9 Å². The quantitative estimate of drug-likeness (QED) is 0.493. The molecule has 0 amide bonds. The summed E-state index contributed by atoms with van der Waals surface area (Å²) >= 11 is 0. The van der Waals surface area contributed by atoms with E-state index < -0.39 is 0 Å². The molecule has 0 fully saturated rings. The normalized spacial score (nSPS) is 8.23. The Balaban J connectivity index is 2.37. The van der Waals surface area contributed by atoms with Crippen molar-refractivity contribution in [1.82, 2.24) is 0 Å². The van der Waals surface area contributed by atoms with Crippen LogP contribution in [0, 0.1) is 23.2 Å². The SMILES string of the molecule is N#CCCCC#Cc1ccccc1. The Labute approximate surface area is 79.0 Å². The maximum Gasteiger partial charge on any atom is 0.0622 e. The lowest BCUT2D eigenvalue weighted by Gasteiger charge is -1.86. The van der Waals surface area contributed by atoms with Crippen molar-refractivity contribution < 1.29 is 0 Å². The average molecular weight is 169 g/mol. The molecular formula is C12H11N. The molecule has 0 aliphatic carbocycles. The van der Waals surface area contributed by atoms with E-state index in [1.165, 1.54) is 0 Å². The summed E-state index contributed by atoms with van der Waals surface area (Å²) in [6, 6.07) is 12.0. The van der Waals surface area contributed by atoms with Gasteiger partial charge in [-0.1, -0.05) is 30.0 Å². The number of nitrogens with zero attached hydrogens (tertiary/aromatic N) is 1. The van der Waals surface area contributed by atoms with E-state index in [1.54, 1.807) is 0 Å². The Morgan fingerprint density at radius 3 is 2.54 bits per heavy atom. The summed E-state index contributed by atoms with van der Waals surface area (Å²) in [6.45, 7) is 0. The van der Waals surface area contributed by atoms with E-state index in [2.05, 4.69) is 17.9 Å². The van der Waals surface area contributed by atoms with Gasteiger partial charge in [0.1, 0.15) is 0 Å². The van der Waals surface area contributed by atoms with E-state index in [0.717, 1.165) is 18.4 Å². The number of benzene rings is 1. The van der Waals surface area contributed by atoms with E-state index in [1.807, 2.05) is 30.3 Å². The first-order valence-electron chi connectivity index (χ1n) is 4.34. The van der Waals surface area contributed by atoms with Crippen molar-refractivity contribution in [1.29, 1.82) is 5.26 Å². The molecule has 64 valence electrons. The molecule has 1 aromatic carbocycles. The van der Waals surface area contributed by atoms with Gasteiger partial charge in [0, 0.05) is 18.4 Å². The molecule has 0 N–H and O–H groups in total. The van der Waals surface area contributed by atoms with Crippen LogP contribution in [0.2, 0.25) is 0 Å². The summed E-state index contributed by atoms with van der Waals surface area (Å²) in [6.07, 6.45) is 2.28. The average Bonchev–Trinajstić information content (AvgIpc) is 2.19. The fourth-order valence-corrected chi connectivity index (χ4v) is 0.942. The second kappa shape index (κ2) is 5.86. The molecular weight excluding hydrogens is 158 g/mol. The van der Waals surface area contributed by atoms with Crippen molar-refractivity contribution in [2.75, 3.05) is 0 Å². The lowest BCUT2D eigenvalue weighted by atomic mass is 10.2. The monoisotopic (exact) mass is 169 g/mol. The molecule has 1 nitrogen and oxygen atoms in total. The summed E-state index contributed by atoms with van der Waals surface area (Å²) in [4.78, 5) is 0. The van der Waals surface area contributed by atoms with Crippen molar-refractivity contribution in [2.24, 2.45) is 0 Å². The van der Waals surface area contributed by atoms with Crippen LogP contribution in [0.5, 0.6) is 0 Å². The van der Waals surface area contributed by atoms with Crippen molar-refractivity contribution in [3.63, 3.8) is 0 Å². The van der Waals surface area contributed by atoms with Gasteiger partial charge in [-0.15, -0.1) is 0 Å². The first-order valence-corrected chi connectivity index (χ1v) is 4.34. The van der Waals surface area contributed by atoms with Crippen molar-refractivity contribution in [2.45, 2.75) is 19.3 Å². The minimum absolute atomic E-state index is 0.601. The fraction of sp³-hybridized carbons (Fsp3) is 0.250. The smallest absolute Gasteiger partial charge is 0.0622 e. The van der Waals surface area contributed by atoms with Gasteiger partial charge in [-0.25, -0.2) is 0 Å². The predicted octanol–water partition coefficient (Wildman–Crippen LogP) is 2.73. The maximum absolute atomic E-state index is 8.28. The third-order valence-electron chi connectivity index (χ3n) is 1.60. The molecule has 1 aromatic rings.